The number of benzene rings is 1. The fraction of sp³-hybridized carbons (Fsp3) is 0.450. The summed E-state index contributed by atoms with van der Waals surface area (Å²) in [4.78, 5) is 26.4. The molecule has 1 N–H and O–H groups in total. The van der Waals surface area contributed by atoms with Crippen LogP contribution in [0.2, 0.25) is 0 Å². The van der Waals surface area contributed by atoms with Crippen molar-refractivity contribution in [2.24, 2.45) is 0 Å². The third-order valence-electron chi connectivity index (χ3n) is 4.82. The van der Waals surface area contributed by atoms with E-state index >= 15 is 0 Å². The van der Waals surface area contributed by atoms with E-state index in [-0.39, 0.29) is 5.91 Å². The lowest BCUT2D eigenvalue weighted by Crippen LogP contribution is -2.47. The number of piperazine rings is 1. The Labute approximate surface area is 155 Å². The smallest absolute Gasteiger partial charge is 0.274 e. The highest BCUT2D eigenvalue weighted by Gasteiger charge is 2.20. The summed E-state index contributed by atoms with van der Waals surface area (Å²) in [6.45, 7) is 11.0. The Morgan fingerprint density at radius 1 is 1.12 bits per heavy atom. The number of nitrogens with zero attached hydrogens (tertiary/aromatic N) is 4. The van der Waals surface area contributed by atoms with Crippen LogP contribution < -0.4 is 10.2 Å². The average Bonchev–Trinajstić information content (AvgIpc) is 2.68. The van der Waals surface area contributed by atoms with Crippen molar-refractivity contribution in [2.75, 3.05) is 42.9 Å². The molecule has 3 rings (SSSR count). The molecule has 1 aromatic carbocycles. The van der Waals surface area contributed by atoms with Crippen molar-refractivity contribution < 1.29 is 4.79 Å². The highest BCUT2D eigenvalue weighted by atomic mass is 16.1. The first-order valence-corrected chi connectivity index (χ1v) is 9.33. The van der Waals surface area contributed by atoms with Gasteiger partial charge in [0.2, 0.25) is 5.95 Å². The normalized spacial score (nSPS) is 15.1. The molecule has 0 saturated carbocycles. The standard InChI is InChI=1S/C20H27N5O/c1-4-16-8-6-7-9-17(16)22-19(26)18-14-15(3)21-20(23-18)25-12-10-24(5-2)11-13-25/h6-9,14H,4-5,10-13H2,1-3H3,(H,22,26). The zero-order valence-electron chi connectivity index (χ0n) is 15.8. The van der Waals surface area contributed by atoms with Crippen LogP contribution in [0.5, 0.6) is 0 Å². The summed E-state index contributed by atoms with van der Waals surface area (Å²) in [5, 5.41) is 3.00. The lowest BCUT2D eigenvalue weighted by molar-refractivity contribution is 0.102. The summed E-state index contributed by atoms with van der Waals surface area (Å²) in [6, 6.07) is 9.61. The van der Waals surface area contributed by atoms with Crippen molar-refractivity contribution in [3.8, 4) is 0 Å². The number of rotatable bonds is 5. The van der Waals surface area contributed by atoms with Gasteiger partial charge in [0, 0.05) is 37.6 Å². The second-order valence-corrected chi connectivity index (χ2v) is 6.58. The minimum Gasteiger partial charge on any atom is -0.338 e. The summed E-state index contributed by atoms with van der Waals surface area (Å²) < 4.78 is 0. The number of amides is 1. The Morgan fingerprint density at radius 2 is 1.85 bits per heavy atom. The maximum Gasteiger partial charge on any atom is 0.274 e. The first kappa shape index (κ1) is 18.3. The summed E-state index contributed by atoms with van der Waals surface area (Å²) in [5.74, 6) is 0.458. The summed E-state index contributed by atoms with van der Waals surface area (Å²) in [7, 11) is 0. The number of nitrogens with one attached hydrogen (secondary N) is 1. The van der Waals surface area contributed by atoms with Crippen LogP contribution in [-0.4, -0.2) is 53.5 Å². The molecule has 0 spiro atoms. The molecular formula is C20H27N5O. The van der Waals surface area contributed by atoms with Crippen LogP contribution in [0.3, 0.4) is 0 Å². The van der Waals surface area contributed by atoms with Crippen LogP contribution in [0.4, 0.5) is 11.6 Å². The third-order valence-corrected chi connectivity index (χ3v) is 4.82. The second kappa shape index (κ2) is 8.27. The van der Waals surface area contributed by atoms with Gasteiger partial charge in [0.15, 0.2) is 0 Å². The molecule has 0 bridgehead atoms. The van der Waals surface area contributed by atoms with E-state index in [1.807, 2.05) is 31.2 Å². The van der Waals surface area contributed by atoms with Crippen LogP contribution in [-0.2, 0) is 6.42 Å². The van der Waals surface area contributed by atoms with Gasteiger partial charge in [-0.3, -0.25) is 4.79 Å². The Hall–Kier alpha value is -2.47. The molecule has 1 aromatic heterocycles. The van der Waals surface area contributed by atoms with Gasteiger partial charge in [0.25, 0.3) is 5.91 Å². The largest absolute Gasteiger partial charge is 0.338 e. The predicted octanol–water partition coefficient (Wildman–Crippen LogP) is 2.74. The number of likely N-dealkylation sites (N-methyl/N-ethyl adjacent to an activating group) is 1. The molecule has 2 heterocycles. The van der Waals surface area contributed by atoms with Crippen molar-refractivity contribution in [3.05, 3.63) is 47.3 Å². The topological polar surface area (TPSA) is 61.4 Å². The van der Waals surface area contributed by atoms with Crippen LogP contribution in [0, 0.1) is 6.92 Å². The Bertz CT molecular complexity index is 769. The molecule has 1 amide bonds. The lowest BCUT2D eigenvalue weighted by atomic mass is 10.1. The summed E-state index contributed by atoms with van der Waals surface area (Å²) in [6.07, 6.45) is 0.867. The maximum absolute atomic E-state index is 12.7. The molecule has 0 unspecified atom stereocenters. The molecule has 1 fully saturated rings. The number of hydrogen-bond donors (Lipinski definition) is 1. The van der Waals surface area contributed by atoms with Gasteiger partial charge in [-0.25, -0.2) is 9.97 Å². The SMILES string of the molecule is CCc1ccccc1NC(=O)c1cc(C)nc(N2CCN(CC)CC2)n1. The van der Waals surface area contributed by atoms with Crippen LogP contribution >= 0.6 is 0 Å². The van der Waals surface area contributed by atoms with E-state index < -0.39 is 0 Å². The number of aromatic nitrogens is 2. The lowest BCUT2D eigenvalue weighted by Gasteiger charge is -2.34. The Balaban J connectivity index is 1.78. The van der Waals surface area contributed by atoms with E-state index in [9.17, 15) is 4.79 Å². The minimum absolute atomic E-state index is 0.190. The molecule has 0 radical (unpaired) electrons. The van der Waals surface area contributed by atoms with Crippen molar-refractivity contribution in [3.63, 3.8) is 0 Å². The quantitative estimate of drug-likeness (QED) is 0.896. The average molecular weight is 353 g/mol. The molecule has 0 aliphatic carbocycles. The molecule has 0 atom stereocenters. The first-order chi connectivity index (χ1) is 12.6. The number of hydrogen-bond acceptors (Lipinski definition) is 5. The number of carbonyl (C=O) groups excluding carboxylic acids is 1. The zero-order valence-corrected chi connectivity index (χ0v) is 15.8. The molecule has 138 valence electrons. The zero-order chi connectivity index (χ0) is 18.5. The molecule has 2 aromatic rings. The van der Waals surface area contributed by atoms with Crippen LogP contribution in [0.15, 0.2) is 30.3 Å². The number of aryl methyl sites for hydroxylation is 2. The van der Waals surface area contributed by atoms with Gasteiger partial charge in [-0.05, 0) is 37.6 Å². The monoisotopic (exact) mass is 353 g/mol. The van der Waals surface area contributed by atoms with Gasteiger partial charge in [-0.2, -0.15) is 0 Å². The van der Waals surface area contributed by atoms with Crippen molar-refractivity contribution in [1.82, 2.24) is 14.9 Å². The van der Waals surface area contributed by atoms with E-state index in [1.165, 1.54) is 0 Å². The predicted molar refractivity (Wildman–Crippen MR) is 105 cm³/mol. The van der Waals surface area contributed by atoms with Gasteiger partial charge in [-0.15, -0.1) is 0 Å². The van der Waals surface area contributed by atoms with Gasteiger partial charge < -0.3 is 15.1 Å². The first-order valence-electron chi connectivity index (χ1n) is 9.33. The van der Waals surface area contributed by atoms with E-state index in [2.05, 4.69) is 38.9 Å². The highest BCUT2D eigenvalue weighted by molar-refractivity contribution is 6.03. The van der Waals surface area contributed by atoms with Crippen LogP contribution in [0.1, 0.15) is 35.6 Å². The molecule has 1 saturated heterocycles. The molecular weight excluding hydrogens is 326 g/mol. The van der Waals surface area contributed by atoms with Crippen molar-refractivity contribution >= 4 is 17.5 Å². The highest BCUT2D eigenvalue weighted by Crippen LogP contribution is 2.18. The summed E-state index contributed by atoms with van der Waals surface area (Å²) >= 11 is 0. The maximum atomic E-state index is 12.7. The van der Waals surface area contributed by atoms with Crippen molar-refractivity contribution in [1.29, 1.82) is 0 Å². The van der Waals surface area contributed by atoms with E-state index in [1.54, 1.807) is 6.07 Å². The van der Waals surface area contributed by atoms with Gasteiger partial charge in [0.1, 0.15) is 5.69 Å². The molecule has 1 aliphatic heterocycles. The number of carbonyl (C=O) groups is 1. The molecule has 6 heteroatoms. The van der Waals surface area contributed by atoms with E-state index in [0.29, 0.717) is 11.6 Å². The van der Waals surface area contributed by atoms with Gasteiger partial charge >= 0.3 is 0 Å². The van der Waals surface area contributed by atoms with Crippen LogP contribution in [0.25, 0.3) is 0 Å². The minimum atomic E-state index is -0.190. The molecule has 26 heavy (non-hydrogen) atoms. The molecule has 6 nitrogen and oxygen atoms in total. The Morgan fingerprint density at radius 3 is 2.54 bits per heavy atom. The summed E-state index contributed by atoms with van der Waals surface area (Å²) in [5.41, 5.74) is 3.18. The number of anilines is 2. The van der Waals surface area contributed by atoms with Gasteiger partial charge in [0.05, 0.1) is 0 Å². The third kappa shape index (κ3) is 4.19. The van der Waals surface area contributed by atoms with Crippen molar-refractivity contribution in [2.45, 2.75) is 27.2 Å². The fourth-order valence-electron chi connectivity index (χ4n) is 3.21. The fourth-order valence-corrected chi connectivity index (χ4v) is 3.21. The molecule has 1 aliphatic rings. The van der Waals surface area contributed by atoms with Gasteiger partial charge in [-0.1, -0.05) is 32.0 Å². The second-order valence-electron chi connectivity index (χ2n) is 6.58. The Kier molecular flexibility index (Phi) is 5.83. The van der Waals surface area contributed by atoms with E-state index in [4.69, 9.17) is 0 Å². The number of para-hydroxylation sites is 1. The van der Waals surface area contributed by atoms with E-state index in [0.717, 1.165) is 56.1 Å².